The standard InChI is InChI=1S/C8H14N2O2/c1-12-7(11)10-4-8(5-10)2-6(8)3-9/h6H,2-5,9H2,1H3. The first kappa shape index (κ1) is 7.86. The maximum Gasteiger partial charge on any atom is 0.409 e. The minimum atomic E-state index is -0.205. The molecule has 1 amide bonds. The number of nitrogens with zero attached hydrogens (tertiary/aromatic N) is 1. The van der Waals surface area contributed by atoms with Crippen LogP contribution in [-0.4, -0.2) is 37.7 Å². The fourth-order valence-corrected chi connectivity index (χ4v) is 2.12. The van der Waals surface area contributed by atoms with Crippen LogP contribution in [0.25, 0.3) is 0 Å². The Morgan fingerprint density at radius 1 is 1.75 bits per heavy atom. The van der Waals surface area contributed by atoms with E-state index in [-0.39, 0.29) is 6.09 Å². The Kier molecular flexibility index (Phi) is 1.54. The summed E-state index contributed by atoms with van der Waals surface area (Å²) >= 11 is 0. The third-order valence-corrected chi connectivity index (χ3v) is 3.09. The molecule has 2 N–H and O–H groups in total. The molecule has 0 aromatic heterocycles. The average molecular weight is 170 g/mol. The van der Waals surface area contributed by atoms with Crippen LogP contribution in [0, 0.1) is 11.3 Å². The van der Waals surface area contributed by atoms with Crippen molar-refractivity contribution in [1.29, 1.82) is 0 Å². The molecule has 1 atom stereocenters. The third-order valence-electron chi connectivity index (χ3n) is 3.09. The summed E-state index contributed by atoms with van der Waals surface area (Å²) in [5.41, 5.74) is 5.93. The van der Waals surface area contributed by atoms with Crippen LogP contribution in [0.4, 0.5) is 4.79 Å². The third kappa shape index (κ3) is 0.909. The van der Waals surface area contributed by atoms with Crippen molar-refractivity contribution in [2.45, 2.75) is 6.42 Å². The molecule has 4 heteroatoms. The Balaban J connectivity index is 1.81. The van der Waals surface area contributed by atoms with Gasteiger partial charge in [-0.15, -0.1) is 0 Å². The molecule has 1 unspecified atom stereocenters. The van der Waals surface area contributed by atoms with Crippen LogP contribution in [0.5, 0.6) is 0 Å². The second kappa shape index (κ2) is 2.36. The molecule has 0 radical (unpaired) electrons. The minimum absolute atomic E-state index is 0.205. The van der Waals surface area contributed by atoms with E-state index in [0.717, 1.165) is 19.6 Å². The summed E-state index contributed by atoms with van der Waals surface area (Å²) in [6.45, 7) is 2.46. The Morgan fingerprint density at radius 2 is 2.42 bits per heavy atom. The van der Waals surface area contributed by atoms with Gasteiger partial charge in [0.2, 0.25) is 0 Å². The zero-order chi connectivity index (χ0) is 8.77. The van der Waals surface area contributed by atoms with E-state index in [0.29, 0.717) is 11.3 Å². The molecule has 12 heavy (non-hydrogen) atoms. The summed E-state index contributed by atoms with van der Waals surface area (Å²) in [5, 5.41) is 0. The van der Waals surface area contributed by atoms with Crippen molar-refractivity contribution < 1.29 is 9.53 Å². The highest BCUT2D eigenvalue weighted by molar-refractivity contribution is 5.69. The Hall–Kier alpha value is -0.770. The zero-order valence-electron chi connectivity index (χ0n) is 7.25. The summed E-state index contributed by atoms with van der Waals surface area (Å²) in [6.07, 6.45) is 0.986. The number of hydrogen-bond acceptors (Lipinski definition) is 3. The van der Waals surface area contributed by atoms with E-state index in [1.54, 1.807) is 4.90 Å². The summed E-state index contributed by atoms with van der Waals surface area (Å²) in [5.74, 6) is 0.651. The van der Waals surface area contributed by atoms with E-state index in [1.165, 1.54) is 13.5 Å². The van der Waals surface area contributed by atoms with Crippen molar-refractivity contribution >= 4 is 6.09 Å². The number of likely N-dealkylation sites (tertiary alicyclic amines) is 1. The summed E-state index contributed by atoms with van der Waals surface area (Å²) in [6, 6.07) is 0. The lowest BCUT2D eigenvalue weighted by molar-refractivity contribution is 0.0510. The molecule has 1 saturated carbocycles. The zero-order valence-corrected chi connectivity index (χ0v) is 7.25. The Labute approximate surface area is 71.7 Å². The molecule has 0 bridgehead atoms. The predicted octanol–water partition coefficient (Wildman–Crippen LogP) is 0.0334. The molecule has 2 fully saturated rings. The maximum atomic E-state index is 11.0. The van der Waals surface area contributed by atoms with Gasteiger partial charge in [0.15, 0.2) is 0 Å². The predicted molar refractivity (Wildman–Crippen MR) is 43.6 cm³/mol. The Morgan fingerprint density at radius 3 is 2.83 bits per heavy atom. The number of methoxy groups -OCH3 is 1. The molecule has 1 spiro atoms. The molecule has 68 valence electrons. The van der Waals surface area contributed by atoms with E-state index < -0.39 is 0 Å². The smallest absolute Gasteiger partial charge is 0.409 e. The molecule has 1 aliphatic carbocycles. The van der Waals surface area contributed by atoms with Crippen LogP contribution in [-0.2, 0) is 4.74 Å². The lowest BCUT2D eigenvalue weighted by Gasteiger charge is -2.39. The van der Waals surface area contributed by atoms with Gasteiger partial charge in [0.25, 0.3) is 0 Å². The molecule has 2 rings (SSSR count). The van der Waals surface area contributed by atoms with Crippen molar-refractivity contribution in [2.75, 3.05) is 26.7 Å². The van der Waals surface area contributed by atoms with E-state index in [4.69, 9.17) is 5.73 Å². The van der Waals surface area contributed by atoms with Crippen molar-refractivity contribution in [3.63, 3.8) is 0 Å². The van der Waals surface area contributed by atoms with Gasteiger partial charge >= 0.3 is 6.09 Å². The van der Waals surface area contributed by atoms with Gasteiger partial charge in [-0.2, -0.15) is 0 Å². The van der Waals surface area contributed by atoms with E-state index in [9.17, 15) is 4.79 Å². The van der Waals surface area contributed by atoms with Gasteiger partial charge in [0.05, 0.1) is 7.11 Å². The van der Waals surface area contributed by atoms with Gasteiger partial charge in [0, 0.05) is 18.5 Å². The normalized spacial score (nSPS) is 29.8. The van der Waals surface area contributed by atoms with Crippen LogP contribution in [0.1, 0.15) is 6.42 Å². The summed E-state index contributed by atoms with van der Waals surface area (Å²) < 4.78 is 4.60. The number of rotatable bonds is 1. The average Bonchev–Trinajstić information content (AvgIpc) is 2.74. The lowest BCUT2D eigenvalue weighted by Crippen LogP contribution is -2.52. The highest BCUT2D eigenvalue weighted by atomic mass is 16.5. The van der Waals surface area contributed by atoms with E-state index >= 15 is 0 Å². The summed E-state index contributed by atoms with van der Waals surface area (Å²) in [4.78, 5) is 12.7. The number of nitrogens with two attached hydrogens (primary N) is 1. The van der Waals surface area contributed by atoms with E-state index in [1.807, 2.05) is 0 Å². The SMILES string of the molecule is COC(=O)N1CC2(CC2CN)C1. The first-order valence-corrected chi connectivity index (χ1v) is 4.25. The first-order chi connectivity index (χ1) is 5.72. The molecule has 0 aromatic rings. The van der Waals surface area contributed by atoms with Gasteiger partial charge in [-0.25, -0.2) is 4.79 Å². The fraction of sp³-hybridized carbons (Fsp3) is 0.875. The molecule has 4 nitrogen and oxygen atoms in total. The van der Waals surface area contributed by atoms with Crippen molar-refractivity contribution in [2.24, 2.45) is 17.1 Å². The highest BCUT2D eigenvalue weighted by Gasteiger charge is 2.61. The number of carbonyl (C=O) groups excluding carboxylic acids is 1. The van der Waals surface area contributed by atoms with Crippen LogP contribution < -0.4 is 5.73 Å². The fourth-order valence-electron chi connectivity index (χ4n) is 2.12. The quantitative estimate of drug-likeness (QED) is 0.604. The maximum absolute atomic E-state index is 11.0. The van der Waals surface area contributed by atoms with Crippen LogP contribution in [0.2, 0.25) is 0 Å². The molecule has 2 aliphatic rings. The Bertz CT molecular complexity index is 211. The van der Waals surface area contributed by atoms with Gasteiger partial charge in [0.1, 0.15) is 0 Å². The van der Waals surface area contributed by atoms with Crippen LogP contribution in [0.3, 0.4) is 0 Å². The van der Waals surface area contributed by atoms with E-state index in [2.05, 4.69) is 4.74 Å². The van der Waals surface area contributed by atoms with Crippen LogP contribution >= 0.6 is 0 Å². The first-order valence-electron chi connectivity index (χ1n) is 4.25. The number of hydrogen-bond donors (Lipinski definition) is 1. The number of carbonyl (C=O) groups is 1. The highest BCUT2D eigenvalue weighted by Crippen LogP contribution is 2.57. The molecule has 1 saturated heterocycles. The molecule has 1 heterocycles. The molecular weight excluding hydrogens is 156 g/mol. The molecule has 1 aliphatic heterocycles. The second-order valence-corrected chi connectivity index (χ2v) is 3.83. The largest absolute Gasteiger partial charge is 0.453 e. The summed E-state index contributed by atoms with van der Waals surface area (Å²) in [7, 11) is 1.42. The molecule has 0 aromatic carbocycles. The topological polar surface area (TPSA) is 55.6 Å². The van der Waals surface area contributed by atoms with Crippen molar-refractivity contribution in [3.8, 4) is 0 Å². The van der Waals surface area contributed by atoms with Crippen molar-refractivity contribution in [3.05, 3.63) is 0 Å². The molecular formula is C8H14N2O2. The number of amides is 1. The van der Waals surface area contributed by atoms with Gasteiger partial charge in [-0.3, -0.25) is 0 Å². The second-order valence-electron chi connectivity index (χ2n) is 3.83. The van der Waals surface area contributed by atoms with Crippen molar-refractivity contribution in [1.82, 2.24) is 4.90 Å². The van der Waals surface area contributed by atoms with Crippen LogP contribution in [0.15, 0.2) is 0 Å². The minimum Gasteiger partial charge on any atom is -0.453 e. The van der Waals surface area contributed by atoms with Gasteiger partial charge in [-0.05, 0) is 18.9 Å². The van der Waals surface area contributed by atoms with Gasteiger partial charge < -0.3 is 15.4 Å². The van der Waals surface area contributed by atoms with Gasteiger partial charge in [-0.1, -0.05) is 0 Å². The number of ether oxygens (including phenoxy) is 1. The lowest BCUT2D eigenvalue weighted by atomic mass is 9.94. The monoisotopic (exact) mass is 170 g/mol.